The number of aromatic nitrogens is 3. The zero-order valence-electron chi connectivity index (χ0n) is 8.99. The highest BCUT2D eigenvalue weighted by Crippen LogP contribution is 2.15. The van der Waals surface area contributed by atoms with Gasteiger partial charge in [-0.3, -0.25) is 5.10 Å². The van der Waals surface area contributed by atoms with Crippen LogP contribution in [0.5, 0.6) is 0 Å². The van der Waals surface area contributed by atoms with Gasteiger partial charge in [0.15, 0.2) is 4.77 Å². The van der Waals surface area contributed by atoms with Gasteiger partial charge in [0.25, 0.3) is 0 Å². The third kappa shape index (κ3) is 3.25. The van der Waals surface area contributed by atoms with E-state index in [0.717, 1.165) is 4.77 Å². The summed E-state index contributed by atoms with van der Waals surface area (Å²) >= 11 is 5.11. The summed E-state index contributed by atoms with van der Waals surface area (Å²) in [6, 6.07) is 0.470. The summed E-state index contributed by atoms with van der Waals surface area (Å²) < 4.78 is 2.76. The Morgan fingerprint density at radius 2 is 2.29 bits per heavy atom. The molecule has 0 aromatic carbocycles. The molecule has 0 aliphatic heterocycles. The van der Waals surface area contributed by atoms with Crippen molar-refractivity contribution < 1.29 is 0 Å². The summed E-state index contributed by atoms with van der Waals surface area (Å²) in [5.41, 5.74) is 0. The van der Waals surface area contributed by atoms with Crippen molar-refractivity contribution in [2.75, 3.05) is 0 Å². The lowest BCUT2D eigenvalue weighted by molar-refractivity contribution is 0.467. The smallest absolute Gasteiger partial charge is 0.195 e. The number of nitrogens with one attached hydrogen (secondary N) is 1. The van der Waals surface area contributed by atoms with Crippen LogP contribution >= 0.6 is 12.2 Å². The largest absolute Gasteiger partial charge is 0.304 e. The quantitative estimate of drug-likeness (QED) is 0.580. The Labute approximate surface area is 90.5 Å². The SMILES string of the molecule is CCCCCCC(C)n1cn[nH]c1=S. The molecule has 1 atom stereocenters. The van der Waals surface area contributed by atoms with E-state index in [9.17, 15) is 0 Å². The van der Waals surface area contributed by atoms with Crippen molar-refractivity contribution in [3.05, 3.63) is 11.1 Å². The number of hydrogen-bond acceptors (Lipinski definition) is 2. The molecule has 1 N–H and O–H groups in total. The Morgan fingerprint density at radius 1 is 1.50 bits per heavy atom. The third-order valence-corrected chi connectivity index (χ3v) is 2.83. The predicted molar refractivity (Wildman–Crippen MR) is 60.9 cm³/mol. The highest BCUT2D eigenvalue weighted by molar-refractivity contribution is 7.71. The van der Waals surface area contributed by atoms with Crippen LogP contribution in [0.2, 0.25) is 0 Å². The van der Waals surface area contributed by atoms with Gasteiger partial charge in [-0.15, -0.1) is 0 Å². The molecule has 14 heavy (non-hydrogen) atoms. The van der Waals surface area contributed by atoms with Crippen LogP contribution in [-0.4, -0.2) is 14.8 Å². The molecule has 0 spiro atoms. The van der Waals surface area contributed by atoms with Crippen LogP contribution in [0.3, 0.4) is 0 Å². The first kappa shape index (κ1) is 11.4. The molecule has 3 nitrogen and oxygen atoms in total. The molecule has 1 heterocycles. The van der Waals surface area contributed by atoms with Gasteiger partial charge in [-0.2, -0.15) is 5.10 Å². The van der Waals surface area contributed by atoms with Crippen LogP contribution in [0.15, 0.2) is 6.33 Å². The van der Waals surface area contributed by atoms with Crippen molar-refractivity contribution in [3.63, 3.8) is 0 Å². The molecule has 80 valence electrons. The van der Waals surface area contributed by atoms with E-state index in [-0.39, 0.29) is 0 Å². The summed E-state index contributed by atoms with van der Waals surface area (Å²) in [4.78, 5) is 0. The average Bonchev–Trinajstić information content (AvgIpc) is 2.59. The lowest BCUT2D eigenvalue weighted by atomic mass is 10.1. The first-order chi connectivity index (χ1) is 6.75. The molecule has 0 radical (unpaired) electrons. The second-order valence-corrected chi connectivity index (χ2v) is 4.15. The van der Waals surface area contributed by atoms with Gasteiger partial charge in [-0.1, -0.05) is 32.6 Å². The van der Waals surface area contributed by atoms with Crippen LogP contribution in [-0.2, 0) is 0 Å². The highest BCUT2D eigenvalue weighted by atomic mass is 32.1. The molecule has 1 aromatic rings. The van der Waals surface area contributed by atoms with E-state index >= 15 is 0 Å². The Bertz CT molecular complexity index is 302. The summed E-state index contributed by atoms with van der Waals surface area (Å²) in [7, 11) is 0. The zero-order valence-corrected chi connectivity index (χ0v) is 9.81. The van der Waals surface area contributed by atoms with Crippen molar-refractivity contribution in [1.82, 2.24) is 14.8 Å². The predicted octanol–water partition coefficient (Wildman–Crippen LogP) is 3.47. The maximum atomic E-state index is 5.11. The van der Waals surface area contributed by atoms with Crippen molar-refractivity contribution in [2.45, 2.75) is 52.0 Å². The van der Waals surface area contributed by atoms with Crippen LogP contribution in [0.4, 0.5) is 0 Å². The minimum Gasteiger partial charge on any atom is -0.304 e. The van der Waals surface area contributed by atoms with Crippen LogP contribution < -0.4 is 0 Å². The molecule has 4 heteroatoms. The van der Waals surface area contributed by atoms with Crippen molar-refractivity contribution in [3.8, 4) is 0 Å². The molecule has 1 aromatic heterocycles. The summed E-state index contributed by atoms with van der Waals surface area (Å²) in [6.45, 7) is 4.42. The number of nitrogens with zero attached hydrogens (tertiary/aromatic N) is 2. The standard InChI is InChI=1S/C10H19N3S/c1-3-4-5-6-7-9(2)13-8-11-12-10(13)14/h8-9H,3-7H2,1-2H3,(H,12,14). The van der Waals surface area contributed by atoms with E-state index in [1.807, 2.05) is 4.57 Å². The van der Waals surface area contributed by atoms with Gasteiger partial charge in [0.2, 0.25) is 0 Å². The zero-order chi connectivity index (χ0) is 10.4. The van der Waals surface area contributed by atoms with Gasteiger partial charge in [0.05, 0.1) is 0 Å². The van der Waals surface area contributed by atoms with E-state index in [0.29, 0.717) is 6.04 Å². The summed E-state index contributed by atoms with van der Waals surface area (Å²) in [5.74, 6) is 0. The molecule has 1 rings (SSSR count). The Morgan fingerprint density at radius 3 is 2.86 bits per heavy atom. The van der Waals surface area contributed by atoms with Gasteiger partial charge in [-0.25, -0.2) is 0 Å². The van der Waals surface area contributed by atoms with E-state index in [1.54, 1.807) is 6.33 Å². The van der Waals surface area contributed by atoms with Crippen molar-refractivity contribution in [2.24, 2.45) is 0 Å². The van der Waals surface area contributed by atoms with E-state index in [2.05, 4.69) is 24.0 Å². The Balaban J connectivity index is 2.32. The molecule has 0 saturated carbocycles. The molecule has 0 fully saturated rings. The highest BCUT2D eigenvalue weighted by Gasteiger charge is 2.04. The molecule has 0 aliphatic rings. The number of unbranched alkanes of at least 4 members (excludes halogenated alkanes) is 3. The van der Waals surface area contributed by atoms with Crippen LogP contribution in [0.1, 0.15) is 52.0 Å². The summed E-state index contributed by atoms with van der Waals surface area (Å²) in [5, 5.41) is 6.70. The van der Waals surface area contributed by atoms with Gasteiger partial charge in [0.1, 0.15) is 6.33 Å². The molecule has 0 amide bonds. The first-order valence-corrected chi connectivity index (χ1v) is 5.78. The van der Waals surface area contributed by atoms with Gasteiger partial charge < -0.3 is 4.57 Å². The van der Waals surface area contributed by atoms with Crippen molar-refractivity contribution in [1.29, 1.82) is 0 Å². The van der Waals surface area contributed by atoms with Gasteiger partial charge in [-0.05, 0) is 25.6 Å². The maximum Gasteiger partial charge on any atom is 0.195 e. The minimum absolute atomic E-state index is 0.470. The lowest BCUT2D eigenvalue weighted by Crippen LogP contribution is -2.03. The third-order valence-electron chi connectivity index (χ3n) is 2.53. The second-order valence-electron chi connectivity index (χ2n) is 3.77. The molecule has 0 bridgehead atoms. The second kappa shape index (κ2) is 5.96. The van der Waals surface area contributed by atoms with Gasteiger partial charge in [0, 0.05) is 6.04 Å². The first-order valence-electron chi connectivity index (χ1n) is 5.37. The number of aromatic amines is 1. The van der Waals surface area contributed by atoms with Crippen molar-refractivity contribution >= 4 is 12.2 Å². The van der Waals surface area contributed by atoms with Crippen LogP contribution in [0, 0.1) is 4.77 Å². The number of hydrogen-bond donors (Lipinski definition) is 1. The fourth-order valence-electron chi connectivity index (χ4n) is 1.58. The normalized spacial score (nSPS) is 13.0. The Hall–Kier alpha value is -0.640. The number of rotatable bonds is 6. The summed E-state index contributed by atoms with van der Waals surface area (Å²) in [6.07, 6.45) is 8.21. The van der Waals surface area contributed by atoms with E-state index < -0.39 is 0 Å². The average molecular weight is 213 g/mol. The fraction of sp³-hybridized carbons (Fsp3) is 0.800. The molecule has 1 unspecified atom stereocenters. The molecular weight excluding hydrogens is 194 g/mol. The lowest BCUT2D eigenvalue weighted by Gasteiger charge is -2.11. The molecular formula is C10H19N3S. The molecule has 0 saturated heterocycles. The monoisotopic (exact) mass is 213 g/mol. The Kier molecular flexibility index (Phi) is 4.87. The van der Waals surface area contributed by atoms with E-state index in [1.165, 1.54) is 32.1 Å². The molecule has 0 aliphatic carbocycles. The van der Waals surface area contributed by atoms with Gasteiger partial charge >= 0.3 is 0 Å². The number of H-pyrrole nitrogens is 1. The topological polar surface area (TPSA) is 33.6 Å². The maximum absolute atomic E-state index is 5.11. The van der Waals surface area contributed by atoms with E-state index in [4.69, 9.17) is 12.2 Å². The fourth-order valence-corrected chi connectivity index (χ4v) is 1.86. The van der Waals surface area contributed by atoms with Crippen LogP contribution in [0.25, 0.3) is 0 Å². The minimum atomic E-state index is 0.470.